The fraction of sp³-hybridized carbons (Fsp3) is 0.300. The number of rotatable bonds is 1. The number of nitrogens with one attached hydrogen (secondary N) is 1. The van der Waals surface area contributed by atoms with Crippen molar-refractivity contribution in [2.45, 2.75) is 6.42 Å². The smallest absolute Gasteiger partial charge is 0.321 e. The van der Waals surface area contributed by atoms with Gasteiger partial charge in [-0.2, -0.15) is 0 Å². The third-order valence-corrected chi connectivity index (χ3v) is 1.73. The molecule has 1 aliphatic carbocycles. The van der Waals surface area contributed by atoms with Crippen LogP contribution in [0.15, 0.2) is 35.8 Å². The fourth-order valence-corrected chi connectivity index (χ4v) is 0.932. The molecule has 0 heterocycles. The van der Waals surface area contributed by atoms with Gasteiger partial charge in [-0.3, -0.25) is 0 Å². The molecule has 0 saturated heterocycles. The Hall–Kier alpha value is -1.58. The standard InChI is InChI=1S/C10H13FN2O/c1-13(2)10(14)12-9-5-3-4-8(11)6-7-9/h4-7H,3H2,1-2H3,(H,12,14). The third kappa shape index (κ3) is 3.05. The summed E-state index contributed by atoms with van der Waals surface area (Å²) in [5.41, 5.74) is 0.618. The molecule has 1 aliphatic rings. The average Bonchev–Trinajstić information content (AvgIpc) is 2.31. The van der Waals surface area contributed by atoms with Gasteiger partial charge in [-0.15, -0.1) is 0 Å². The number of amides is 2. The summed E-state index contributed by atoms with van der Waals surface area (Å²) in [5, 5.41) is 2.64. The molecular formula is C10H13FN2O. The maximum absolute atomic E-state index is 12.7. The van der Waals surface area contributed by atoms with Crippen molar-refractivity contribution in [3.8, 4) is 0 Å². The molecule has 0 spiro atoms. The van der Waals surface area contributed by atoms with Gasteiger partial charge in [0.05, 0.1) is 0 Å². The van der Waals surface area contributed by atoms with E-state index < -0.39 is 0 Å². The molecule has 4 heteroatoms. The van der Waals surface area contributed by atoms with Gasteiger partial charge in [0.15, 0.2) is 0 Å². The Morgan fingerprint density at radius 2 is 2.14 bits per heavy atom. The summed E-state index contributed by atoms with van der Waals surface area (Å²) in [6.07, 6.45) is 6.56. The molecule has 0 atom stereocenters. The molecule has 1 rings (SSSR count). The van der Waals surface area contributed by atoms with Crippen LogP contribution in [-0.4, -0.2) is 25.0 Å². The highest BCUT2D eigenvalue weighted by molar-refractivity contribution is 5.76. The predicted octanol–water partition coefficient (Wildman–Crippen LogP) is 1.95. The highest BCUT2D eigenvalue weighted by Crippen LogP contribution is 2.09. The van der Waals surface area contributed by atoms with Crippen LogP contribution in [-0.2, 0) is 0 Å². The van der Waals surface area contributed by atoms with E-state index >= 15 is 0 Å². The van der Waals surface area contributed by atoms with Crippen molar-refractivity contribution in [3.05, 3.63) is 35.8 Å². The molecule has 14 heavy (non-hydrogen) atoms. The number of hydrogen-bond acceptors (Lipinski definition) is 1. The van der Waals surface area contributed by atoms with E-state index in [0.29, 0.717) is 12.1 Å². The molecule has 3 nitrogen and oxygen atoms in total. The summed E-state index contributed by atoms with van der Waals surface area (Å²) in [6.45, 7) is 0. The molecule has 76 valence electrons. The van der Waals surface area contributed by atoms with Crippen molar-refractivity contribution < 1.29 is 9.18 Å². The van der Waals surface area contributed by atoms with Gasteiger partial charge >= 0.3 is 6.03 Å². The zero-order chi connectivity index (χ0) is 10.6. The second kappa shape index (κ2) is 4.60. The maximum Gasteiger partial charge on any atom is 0.321 e. The van der Waals surface area contributed by atoms with Crippen molar-refractivity contribution in [1.29, 1.82) is 0 Å². The van der Waals surface area contributed by atoms with Gasteiger partial charge in [-0.25, -0.2) is 9.18 Å². The molecule has 0 saturated carbocycles. The molecular weight excluding hydrogens is 183 g/mol. The first-order valence-electron chi connectivity index (χ1n) is 4.32. The van der Waals surface area contributed by atoms with Crippen molar-refractivity contribution >= 4 is 6.03 Å². The first kappa shape index (κ1) is 10.5. The normalized spacial score (nSPS) is 15.4. The van der Waals surface area contributed by atoms with E-state index in [1.54, 1.807) is 26.2 Å². The molecule has 0 aromatic rings. The summed E-state index contributed by atoms with van der Waals surface area (Å²) >= 11 is 0. The number of allylic oxidation sites excluding steroid dienone is 5. The van der Waals surface area contributed by atoms with E-state index in [4.69, 9.17) is 0 Å². The van der Waals surface area contributed by atoms with Crippen LogP contribution in [0, 0.1) is 0 Å². The highest BCUT2D eigenvalue weighted by Gasteiger charge is 2.04. The number of halogens is 1. The van der Waals surface area contributed by atoms with Crippen molar-refractivity contribution in [3.63, 3.8) is 0 Å². The minimum atomic E-state index is -0.282. The van der Waals surface area contributed by atoms with Crippen molar-refractivity contribution in [2.24, 2.45) is 0 Å². The van der Waals surface area contributed by atoms with Gasteiger partial charge < -0.3 is 10.2 Å². The molecule has 0 radical (unpaired) electrons. The largest absolute Gasteiger partial charge is 0.331 e. The monoisotopic (exact) mass is 196 g/mol. The summed E-state index contributed by atoms with van der Waals surface area (Å²) in [6, 6.07) is -0.219. The Morgan fingerprint density at radius 1 is 1.43 bits per heavy atom. The lowest BCUT2D eigenvalue weighted by Gasteiger charge is -2.12. The predicted molar refractivity (Wildman–Crippen MR) is 53.2 cm³/mol. The van der Waals surface area contributed by atoms with Crippen LogP contribution in [0.2, 0.25) is 0 Å². The maximum atomic E-state index is 12.7. The first-order valence-corrected chi connectivity index (χ1v) is 4.32. The van der Waals surface area contributed by atoms with E-state index in [1.165, 1.54) is 17.1 Å². The second-order valence-electron chi connectivity index (χ2n) is 3.14. The van der Waals surface area contributed by atoms with E-state index in [2.05, 4.69) is 5.32 Å². The van der Waals surface area contributed by atoms with Crippen LogP contribution in [0.4, 0.5) is 9.18 Å². The molecule has 0 aromatic carbocycles. The average molecular weight is 196 g/mol. The van der Waals surface area contributed by atoms with Gasteiger partial charge in [0, 0.05) is 19.8 Å². The number of carbonyl (C=O) groups is 1. The minimum absolute atomic E-state index is 0.219. The number of nitrogens with zero attached hydrogens (tertiary/aromatic N) is 1. The molecule has 0 bridgehead atoms. The highest BCUT2D eigenvalue weighted by atomic mass is 19.1. The Morgan fingerprint density at radius 3 is 2.79 bits per heavy atom. The van der Waals surface area contributed by atoms with Gasteiger partial charge in [0.25, 0.3) is 0 Å². The number of carbonyl (C=O) groups excluding carboxylic acids is 1. The number of hydrogen-bond donors (Lipinski definition) is 1. The molecule has 2 amide bonds. The van der Waals surface area contributed by atoms with Gasteiger partial charge in [-0.1, -0.05) is 6.08 Å². The van der Waals surface area contributed by atoms with Crippen LogP contribution < -0.4 is 5.32 Å². The van der Waals surface area contributed by atoms with E-state index in [-0.39, 0.29) is 11.9 Å². The summed E-state index contributed by atoms with van der Waals surface area (Å²) in [4.78, 5) is 12.7. The van der Waals surface area contributed by atoms with Gasteiger partial charge in [-0.05, 0) is 24.6 Å². The minimum Gasteiger partial charge on any atom is -0.331 e. The Balaban J connectivity index is 2.60. The van der Waals surface area contributed by atoms with Crippen LogP contribution >= 0.6 is 0 Å². The summed E-state index contributed by atoms with van der Waals surface area (Å²) < 4.78 is 12.7. The third-order valence-electron chi connectivity index (χ3n) is 1.73. The topological polar surface area (TPSA) is 32.3 Å². The van der Waals surface area contributed by atoms with Gasteiger partial charge in [0.2, 0.25) is 0 Å². The lowest BCUT2D eigenvalue weighted by Crippen LogP contribution is -2.33. The lowest BCUT2D eigenvalue weighted by molar-refractivity contribution is 0.220. The molecule has 0 fully saturated rings. The summed E-state index contributed by atoms with van der Waals surface area (Å²) in [7, 11) is 3.30. The van der Waals surface area contributed by atoms with Crippen molar-refractivity contribution in [2.75, 3.05) is 14.1 Å². The first-order chi connectivity index (χ1) is 6.59. The van der Waals surface area contributed by atoms with Crippen LogP contribution in [0.5, 0.6) is 0 Å². The quantitative estimate of drug-likeness (QED) is 0.683. The Labute approximate surface area is 82.6 Å². The SMILES string of the molecule is CN(C)C(=O)NC1=CCC=C(F)C=C1. The van der Waals surface area contributed by atoms with Crippen LogP contribution in [0.1, 0.15) is 6.42 Å². The zero-order valence-corrected chi connectivity index (χ0v) is 8.25. The Kier molecular flexibility index (Phi) is 3.45. The summed E-state index contributed by atoms with van der Waals surface area (Å²) in [5.74, 6) is -0.282. The molecule has 1 N–H and O–H groups in total. The fourth-order valence-electron chi connectivity index (χ4n) is 0.932. The molecule has 0 aliphatic heterocycles. The van der Waals surface area contributed by atoms with Gasteiger partial charge in [0.1, 0.15) is 5.83 Å². The lowest BCUT2D eigenvalue weighted by atomic mass is 10.3. The van der Waals surface area contributed by atoms with Crippen LogP contribution in [0.3, 0.4) is 0 Å². The second-order valence-corrected chi connectivity index (χ2v) is 3.14. The van der Waals surface area contributed by atoms with E-state index in [9.17, 15) is 9.18 Å². The van der Waals surface area contributed by atoms with E-state index in [0.717, 1.165) is 0 Å². The van der Waals surface area contributed by atoms with Crippen molar-refractivity contribution in [1.82, 2.24) is 10.2 Å². The molecule has 0 aromatic heterocycles. The van der Waals surface area contributed by atoms with E-state index in [1.807, 2.05) is 0 Å². The molecule has 0 unspecified atom stereocenters. The number of urea groups is 1. The zero-order valence-electron chi connectivity index (χ0n) is 8.25. The Bertz CT molecular complexity index is 316. The van der Waals surface area contributed by atoms with Crippen LogP contribution in [0.25, 0.3) is 0 Å².